The van der Waals surface area contributed by atoms with Crippen molar-refractivity contribution in [3.05, 3.63) is 99.1 Å². The molecule has 7 heteroatoms. The number of carbonyl (C=O) groups excluding carboxylic acids is 1. The molecule has 0 radical (unpaired) electrons. The van der Waals surface area contributed by atoms with Gasteiger partial charge in [0.25, 0.3) is 11.6 Å². The van der Waals surface area contributed by atoms with Crippen molar-refractivity contribution in [3.63, 3.8) is 0 Å². The number of nitro groups is 1. The lowest BCUT2D eigenvalue weighted by atomic mass is 10.1. The number of ether oxygens (including phenoxy) is 1. The highest BCUT2D eigenvalue weighted by molar-refractivity contribution is 6.31. The monoisotopic (exact) mass is 382 g/mol. The molecule has 3 aromatic carbocycles. The zero-order valence-corrected chi connectivity index (χ0v) is 14.8. The molecule has 0 heterocycles. The van der Waals surface area contributed by atoms with Gasteiger partial charge in [0.15, 0.2) is 0 Å². The first-order valence-corrected chi connectivity index (χ1v) is 8.43. The second-order valence-corrected chi connectivity index (χ2v) is 6.08. The molecule has 27 heavy (non-hydrogen) atoms. The minimum absolute atomic E-state index is 0.0449. The summed E-state index contributed by atoms with van der Waals surface area (Å²) in [6, 6.07) is 20.1. The van der Waals surface area contributed by atoms with Crippen LogP contribution in [0.25, 0.3) is 0 Å². The zero-order chi connectivity index (χ0) is 19.2. The van der Waals surface area contributed by atoms with Gasteiger partial charge >= 0.3 is 0 Å². The lowest BCUT2D eigenvalue weighted by Gasteiger charge is -2.13. The predicted octanol–water partition coefficient (Wildman–Crippen LogP) is 5.08. The average Bonchev–Trinajstić information content (AvgIpc) is 2.68. The summed E-state index contributed by atoms with van der Waals surface area (Å²) in [5.74, 6) is -0.204. The summed E-state index contributed by atoms with van der Waals surface area (Å²) in [6.45, 7) is 0.302. The maximum Gasteiger partial charge on any atom is 0.282 e. The van der Waals surface area contributed by atoms with Gasteiger partial charge in [-0.15, -0.1) is 0 Å². The van der Waals surface area contributed by atoms with Crippen molar-refractivity contribution in [2.75, 3.05) is 5.32 Å². The van der Waals surface area contributed by atoms with Gasteiger partial charge in [0.1, 0.15) is 17.9 Å². The highest BCUT2D eigenvalue weighted by Crippen LogP contribution is 2.30. The smallest absolute Gasteiger partial charge is 0.282 e. The fraction of sp³-hybridized carbons (Fsp3) is 0.0500. The molecule has 0 unspecified atom stereocenters. The Kier molecular flexibility index (Phi) is 5.68. The molecule has 0 bridgehead atoms. The van der Waals surface area contributed by atoms with E-state index in [4.69, 9.17) is 16.3 Å². The fourth-order valence-electron chi connectivity index (χ4n) is 2.48. The SMILES string of the molecule is O=C(Nc1cc(Cl)ccc1OCc1ccccc1)c1ccccc1[N+](=O)[O-]. The summed E-state index contributed by atoms with van der Waals surface area (Å²) >= 11 is 6.03. The summed E-state index contributed by atoms with van der Waals surface area (Å²) in [5, 5.41) is 14.2. The van der Waals surface area contributed by atoms with Crippen LogP contribution >= 0.6 is 11.6 Å². The van der Waals surface area contributed by atoms with Crippen LogP contribution in [0.15, 0.2) is 72.8 Å². The summed E-state index contributed by atoms with van der Waals surface area (Å²) in [4.78, 5) is 23.1. The molecule has 0 saturated carbocycles. The molecule has 0 atom stereocenters. The minimum atomic E-state index is -0.617. The van der Waals surface area contributed by atoms with Crippen LogP contribution in [0.3, 0.4) is 0 Å². The number of rotatable bonds is 6. The van der Waals surface area contributed by atoms with Gasteiger partial charge in [-0.1, -0.05) is 54.1 Å². The van der Waals surface area contributed by atoms with E-state index in [0.29, 0.717) is 23.1 Å². The first kappa shape index (κ1) is 18.4. The van der Waals surface area contributed by atoms with Gasteiger partial charge in [0, 0.05) is 11.1 Å². The standard InChI is InChI=1S/C20H15ClN2O4/c21-15-10-11-19(27-13-14-6-2-1-3-7-14)17(12-15)22-20(24)16-8-4-5-9-18(16)23(25)26/h1-12H,13H2,(H,22,24). The highest BCUT2D eigenvalue weighted by atomic mass is 35.5. The van der Waals surface area contributed by atoms with Crippen molar-refractivity contribution in [2.24, 2.45) is 0 Å². The van der Waals surface area contributed by atoms with E-state index in [2.05, 4.69) is 5.32 Å². The van der Waals surface area contributed by atoms with Crippen LogP contribution in [0.1, 0.15) is 15.9 Å². The summed E-state index contributed by atoms with van der Waals surface area (Å²) in [7, 11) is 0. The fourth-order valence-corrected chi connectivity index (χ4v) is 2.65. The number of benzene rings is 3. The highest BCUT2D eigenvalue weighted by Gasteiger charge is 2.20. The number of para-hydroxylation sites is 1. The van der Waals surface area contributed by atoms with Crippen molar-refractivity contribution in [3.8, 4) is 5.75 Å². The Balaban J connectivity index is 1.83. The number of halogens is 1. The van der Waals surface area contributed by atoms with Crippen molar-refractivity contribution in [2.45, 2.75) is 6.61 Å². The van der Waals surface area contributed by atoms with Gasteiger partial charge in [-0.05, 0) is 29.8 Å². The molecule has 0 fully saturated rings. The summed E-state index contributed by atoms with van der Waals surface area (Å²) in [6.07, 6.45) is 0. The molecule has 3 rings (SSSR count). The van der Waals surface area contributed by atoms with Crippen LogP contribution in [0, 0.1) is 10.1 Å². The first-order chi connectivity index (χ1) is 13.0. The number of nitro benzene ring substituents is 1. The lowest BCUT2D eigenvalue weighted by Crippen LogP contribution is -2.14. The van der Waals surface area contributed by atoms with Crippen LogP contribution in [0.5, 0.6) is 5.75 Å². The van der Waals surface area contributed by atoms with E-state index in [9.17, 15) is 14.9 Å². The van der Waals surface area contributed by atoms with Crippen molar-refractivity contribution in [1.29, 1.82) is 0 Å². The van der Waals surface area contributed by atoms with E-state index in [1.165, 1.54) is 24.3 Å². The van der Waals surface area contributed by atoms with E-state index in [-0.39, 0.29) is 11.3 Å². The third-order valence-corrected chi connectivity index (χ3v) is 4.01. The Morgan fingerprint density at radius 1 is 1.04 bits per heavy atom. The van der Waals surface area contributed by atoms with Crippen LogP contribution in [-0.2, 0) is 6.61 Å². The van der Waals surface area contributed by atoms with Gasteiger partial charge in [-0.25, -0.2) is 0 Å². The van der Waals surface area contributed by atoms with Gasteiger partial charge in [-0.2, -0.15) is 0 Å². The lowest BCUT2D eigenvalue weighted by molar-refractivity contribution is -0.385. The van der Waals surface area contributed by atoms with Crippen LogP contribution < -0.4 is 10.1 Å². The number of hydrogen-bond donors (Lipinski definition) is 1. The third kappa shape index (κ3) is 4.62. The molecule has 1 amide bonds. The molecular weight excluding hydrogens is 368 g/mol. The van der Waals surface area contributed by atoms with E-state index in [1.54, 1.807) is 18.2 Å². The largest absolute Gasteiger partial charge is 0.487 e. The number of hydrogen-bond acceptors (Lipinski definition) is 4. The summed E-state index contributed by atoms with van der Waals surface area (Å²) in [5.41, 5.74) is 0.977. The Morgan fingerprint density at radius 3 is 2.48 bits per heavy atom. The van der Waals surface area contributed by atoms with E-state index >= 15 is 0 Å². The normalized spacial score (nSPS) is 10.3. The number of anilines is 1. The molecule has 3 aromatic rings. The quantitative estimate of drug-likeness (QED) is 0.476. The maximum atomic E-state index is 12.6. The van der Waals surface area contributed by atoms with Gasteiger partial charge in [-0.3, -0.25) is 14.9 Å². The first-order valence-electron chi connectivity index (χ1n) is 8.05. The second kappa shape index (κ2) is 8.33. The van der Waals surface area contributed by atoms with Crippen molar-refractivity contribution >= 4 is 28.9 Å². The molecular formula is C20H15ClN2O4. The van der Waals surface area contributed by atoms with Gasteiger partial charge < -0.3 is 10.1 Å². The number of nitrogens with one attached hydrogen (secondary N) is 1. The molecule has 0 aliphatic carbocycles. The van der Waals surface area contributed by atoms with E-state index in [1.807, 2.05) is 30.3 Å². The molecule has 136 valence electrons. The van der Waals surface area contributed by atoms with Gasteiger partial charge in [0.05, 0.1) is 10.6 Å². The number of nitrogens with zero attached hydrogens (tertiary/aromatic N) is 1. The van der Waals surface area contributed by atoms with Crippen LogP contribution in [0.4, 0.5) is 11.4 Å². The Morgan fingerprint density at radius 2 is 1.74 bits per heavy atom. The molecule has 6 nitrogen and oxygen atoms in total. The molecule has 0 spiro atoms. The van der Waals surface area contributed by atoms with E-state index in [0.717, 1.165) is 5.56 Å². The van der Waals surface area contributed by atoms with Gasteiger partial charge in [0.2, 0.25) is 0 Å². The number of carbonyl (C=O) groups is 1. The van der Waals surface area contributed by atoms with Crippen LogP contribution in [0.2, 0.25) is 5.02 Å². The molecule has 0 aliphatic rings. The third-order valence-electron chi connectivity index (χ3n) is 3.77. The topological polar surface area (TPSA) is 81.5 Å². The molecule has 1 N–H and O–H groups in total. The maximum absolute atomic E-state index is 12.6. The molecule has 0 aliphatic heterocycles. The van der Waals surface area contributed by atoms with Crippen molar-refractivity contribution in [1.82, 2.24) is 0 Å². The molecule has 0 aromatic heterocycles. The average molecular weight is 383 g/mol. The van der Waals surface area contributed by atoms with Crippen molar-refractivity contribution < 1.29 is 14.5 Å². The number of amides is 1. The summed E-state index contributed by atoms with van der Waals surface area (Å²) < 4.78 is 5.79. The van der Waals surface area contributed by atoms with E-state index < -0.39 is 10.8 Å². The Hall–Kier alpha value is -3.38. The minimum Gasteiger partial charge on any atom is -0.487 e. The Labute approximate surface area is 160 Å². The Bertz CT molecular complexity index is 977. The predicted molar refractivity (Wildman–Crippen MR) is 103 cm³/mol. The zero-order valence-electron chi connectivity index (χ0n) is 14.1. The molecule has 0 saturated heterocycles. The van der Waals surface area contributed by atoms with Crippen LogP contribution in [-0.4, -0.2) is 10.8 Å². The second-order valence-electron chi connectivity index (χ2n) is 5.64.